The molecule has 2 aromatic rings. The van der Waals surface area contributed by atoms with E-state index >= 15 is 0 Å². The van der Waals surface area contributed by atoms with Gasteiger partial charge in [-0.05, 0) is 30.5 Å². The number of rotatable bonds is 6. The van der Waals surface area contributed by atoms with Gasteiger partial charge in [0, 0.05) is 6.54 Å². The van der Waals surface area contributed by atoms with E-state index < -0.39 is 9.84 Å². The molecule has 0 bridgehead atoms. The molecule has 1 aromatic heterocycles. The van der Waals surface area contributed by atoms with Gasteiger partial charge in [-0.2, -0.15) is 0 Å². The van der Waals surface area contributed by atoms with Crippen LogP contribution in [0.4, 0.5) is 5.13 Å². The highest BCUT2D eigenvalue weighted by Crippen LogP contribution is 2.28. The molecular formula is C14H20N2O2S2. The molecule has 6 heteroatoms. The van der Waals surface area contributed by atoms with Gasteiger partial charge in [-0.25, -0.2) is 13.4 Å². The molecule has 20 heavy (non-hydrogen) atoms. The third kappa shape index (κ3) is 3.49. The van der Waals surface area contributed by atoms with E-state index in [-0.39, 0.29) is 11.7 Å². The molecule has 0 fully saturated rings. The van der Waals surface area contributed by atoms with Crippen molar-refractivity contribution in [2.45, 2.75) is 32.1 Å². The summed E-state index contributed by atoms with van der Waals surface area (Å²) in [7, 11) is -3.20. The Labute approximate surface area is 124 Å². The van der Waals surface area contributed by atoms with Gasteiger partial charge in [-0.15, -0.1) is 0 Å². The fourth-order valence-corrected chi connectivity index (χ4v) is 4.59. The minimum absolute atomic E-state index is 0.124. The Balaban J connectivity index is 2.33. The lowest BCUT2D eigenvalue weighted by Crippen LogP contribution is -2.11. The normalized spacial score (nSPS) is 12.2. The molecule has 0 saturated heterocycles. The van der Waals surface area contributed by atoms with Crippen LogP contribution in [0.2, 0.25) is 0 Å². The number of anilines is 1. The van der Waals surface area contributed by atoms with Crippen LogP contribution in [0.25, 0.3) is 10.2 Å². The van der Waals surface area contributed by atoms with E-state index in [2.05, 4.69) is 17.2 Å². The molecule has 0 unspecified atom stereocenters. The molecule has 110 valence electrons. The van der Waals surface area contributed by atoms with E-state index in [9.17, 15) is 8.42 Å². The first kappa shape index (κ1) is 15.3. The monoisotopic (exact) mass is 312 g/mol. The molecule has 1 aromatic carbocycles. The second-order valence-corrected chi connectivity index (χ2v) is 8.32. The van der Waals surface area contributed by atoms with Crippen LogP contribution in [0.3, 0.4) is 0 Å². The van der Waals surface area contributed by atoms with Crippen molar-refractivity contribution in [1.82, 2.24) is 4.98 Å². The zero-order valence-corrected chi connectivity index (χ0v) is 13.6. The number of hydrogen-bond donors (Lipinski definition) is 1. The maximum absolute atomic E-state index is 12.2. The lowest BCUT2D eigenvalue weighted by atomic mass is 10.3. The zero-order valence-electron chi connectivity index (χ0n) is 12.0. The molecule has 4 nitrogen and oxygen atoms in total. The summed E-state index contributed by atoms with van der Waals surface area (Å²) in [5.41, 5.74) is 0.845. The van der Waals surface area contributed by atoms with Gasteiger partial charge < -0.3 is 5.32 Å². The lowest BCUT2D eigenvalue weighted by Gasteiger charge is -2.06. The SMILES string of the molecule is CCCNc1nc2ccc(S(=O)(=O)CC(C)C)cc2s1. The van der Waals surface area contributed by atoms with Crippen LogP contribution < -0.4 is 5.32 Å². The third-order valence-electron chi connectivity index (χ3n) is 2.80. The summed E-state index contributed by atoms with van der Waals surface area (Å²) in [6, 6.07) is 5.18. The number of aromatic nitrogens is 1. The van der Waals surface area contributed by atoms with Crippen molar-refractivity contribution in [3.8, 4) is 0 Å². The molecule has 0 aliphatic carbocycles. The van der Waals surface area contributed by atoms with Crippen LogP contribution in [0.1, 0.15) is 27.2 Å². The Bertz CT molecular complexity index is 690. The molecule has 0 amide bonds. The number of fused-ring (bicyclic) bond motifs is 1. The van der Waals surface area contributed by atoms with Gasteiger partial charge in [0.1, 0.15) is 0 Å². The van der Waals surface area contributed by atoms with E-state index in [4.69, 9.17) is 0 Å². The summed E-state index contributed by atoms with van der Waals surface area (Å²) in [5, 5.41) is 4.08. The number of nitrogens with one attached hydrogen (secondary N) is 1. The molecule has 1 N–H and O–H groups in total. The van der Waals surface area contributed by atoms with E-state index in [0.717, 1.165) is 28.3 Å². The van der Waals surface area contributed by atoms with Crippen LogP contribution in [-0.4, -0.2) is 25.7 Å². The molecule has 0 saturated carbocycles. The van der Waals surface area contributed by atoms with Gasteiger partial charge in [-0.1, -0.05) is 32.1 Å². The predicted octanol–water partition coefficient (Wildman–Crippen LogP) is 3.55. The van der Waals surface area contributed by atoms with Gasteiger partial charge in [0.05, 0.1) is 20.9 Å². The number of thiazole rings is 1. The Morgan fingerprint density at radius 1 is 1.35 bits per heavy atom. The van der Waals surface area contributed by atoms with Crippen molar-refractivity contribution in [2.75, 3.05) is 17.6 Å². The molecule has 2 rings (SSSR count). The lowest BCUT2D eigenvalue weighted by molar-refractivity contribution is 0.582. The summed E-state index contributed by atoms with van der Waals surface area (Å²) < 4.78 is 25.4. The minimum Gasteiger partial charge on any atom is -0.361 e. The summed E-state index contributed by atoms with van der Waals surface area (Å²) >= 11 is 1.50. The number of sulfone groups is 1. The fourth-order valence-electron chi connectivity index (χ4n) is 1.94. The topological polar surface area (TPSA) is 59.1 Å². The van der Waals surface area contributed by atoms with Crippen molar-refractivity contribution in [1.29, 1.82) is 0 Å². The molecule has 0 spiro atoms. The van der Waals surface area contributed by atoms with Crippen LogP contribution >= 0.6 is 11.3 Å². The van der Waals surface area contributed by atoms with Gasteiger partial charge in [0.15, 0.2) is 15.0 Å². The molecule has 0 aliphatic heterocycles. The Morgan fingerprint density at radius 3 is 2.75 bits per heavy atom. The van der Waals surface area contributed by atoms with Crippen LogP contribution in [-0.2, 0) is 9.84 Å². The zero-order chi connectivity index (χ0) is 14.8. The molecule has 1 heterocycles. The van der Waals surface area contributed by atoms with Crippen molar-refractivity contribution < 1.29 is 8.42 Å². The van der Waals surface area contributed by atoms with Crippen LogP contribution in [0, 0.1) is 5.92 Å². The third-order valence-corrected chi connectivity index (χ3v) is 5.85. The highest BCUT2D eigenvalue weighted by Gasteiger charge is 2.17. The van der Waals surface area contributed by atoms with E-state index in [1.807, 2.05) is 13.8 Å². The van der Waals surface area contributed by atoms with Crippen molar-refractivity contribution in [3.63, 3.8) is 0 Å². The van der Waals surface area contributed by atoms with E-state index in [0.29, 0.717) is 4.90 Å². The highest BCUT2D eigenvalue weighted by atomic mass is 32.2. The van der Waals surface area contributed by atoms with Crippen LogP contribution in [0.15, 0.2) is 23.1 Å². The van der Waals surface area contributed by atoms with Crippen molar-refractivity contribution >= 4 is 36.5 Å². The summed E-state index contributed by atoms with van der Waals surface area (Å²) in [4.78, 5) is 4.84. The van der Waals surface area contributed by atoms with Gasteiger partial charge >= 0.3 is 0 Å². The largest absolute Gasteiger partial charge is 0.361 e. The Kier molecular flexibility index (Phi) is 4.65. The fraction of sp³-hybridized carbons (Fsp3) is 0.500. The number of nitrogens with zero attached hydrogens (tertiary/aromatic N) is 1. The first-order valence-electron chi connectivity index (χ1n) is 6.79. The first-order chi connectivity index (χ1) is 9.42. The Hall–Kier alpha value is -1.14. The summed E-state index contributed by atoms with van der Waals surface area (Å²) in [6.07, 6.45) is 1.03. The Morgan fingerprint density at radius 2 is 2.10 bits per heavy atom. The highest BCUT2D eigenvalue weighted by molar-refractivity contribution is 7.91. The van der Waals surface area contributed by atoms with Crippen LogP contribution in [0.5, 0.6) is 0 Å². The maximum atomic E-state index is 12.2. The average Bonchev–Trinajstić information content (AvgIpc) is 2.76. The standard InChI is InChI=1S/C14H20N2O2S2/c1-4-7-15-14-16-12-6-5-11(8-13(12)19-14)20(17,18)9-10(2)3/h5-6,8,10H,4,7,9H2,1-3H3,(H,15,16). The van der Waals surface area contributed by atoms with E-state index in [1.165, 1.54) is 11.3 Å². The van der Waals surface area contributed by atoms with Gasteiger partial charge in [0.2, 0.25) is 0 Å². The van der Waals surface area contributed by atoms with Crippen molar-refractivity contribution in [3.05, 3.63) is 18.2 Å². The summed E-state index contributed by atoms with van der Waals surface area (Å²) in [6.45, 7) is 6.79. The average molecular weight is 312 g/mol. The molecule has 0 radical (unpaired) electrons. The number of benzene rings is 1. The maximum Gasteiger partial charge on any atom is 0.183 e. The van der Waals surface area contributed by atoms with E-state index in [1.54, 1.807) is 18.2 Å². The summed E-state index contributed by atoms with van der Waals surface area (Å²) in [5.74, 6) is 0.303. The number of hydrogen-bond acceptors (Lipinski definition) is 5. The molecule has 0 aliphatic rings. The van der Waals surface area contributed by atoms with Crippen molar-refractivity contribution in [2.24, 2.45) is 5.92 Å². The smallest absolute Gasteiger partial charge is 0.183 e. The predicted molar refractivity (Wildman–Crippen MR) is 85.3 cm³/mol. The molecular weight excluding hydrogens is 292 g/mol. The quantitative estimate of drug-likeness (QED) is 0.886. The second-order valence-electron chi connectivity index (χ2n) is 5.25. The second kappa shape index (κ2) is 6.10. The minimum atomic E-state index is -3.20. The molecule has 0 atom stereocenters. The van der Waals surface area contributed by atoms with Gasteiger partial charge in [-0.3, -0.25) is 0 Å². The first-order valence-corrected chi connectivity index (χ1v) is 9.26. The van der Waals surface area contributed by atoms with Gasteiger partial charge in [0.25, 0.3) is 0 Å².